The third-order valence-electron chi connectivity index (χ3n) is 3.34. The summed E-state index contributed by atoms with van der Waals surface area (Å²) in [5.74, 6) is 0.227. The fourth-order valence-corrected chi connectivity index (χ4v) is 4.20. The van der Waals surface area contributed by atoms with Crippen molar-refractivity contribution in [3.05, 3.63) is 24.4 Å². The monoisotopic (exact) mass is 340 g/mol. The predicted molar refractivity (Wildman–Crippen MR) is 98.1 cm³/mol. The molecule has 0 bridgehead atoms. The highest BCUT2D eigenvalue weighted by molar-refractivity contribution is 8.77. The lowest BCUT2D eigenvalue weighted by molar-refractivity contribution is -0.135. The highest BCUT2D eigenvalue weighted by Gasteiger charge is 2.28. The number of carbonyl (C=O) groups is 1. The van der Waals surface area contributed by atoms with E-state index >= 15 is 0 Å². The van der Waals surface area contributed by atoms with E-state index in [1.807, 2.05) is 47.0 Å². The lowest BCUT2D eigenvalue weighted by Crippen LogP contribution is -2.47. The Labute approximate surface area is 143 Å². The Hall–Kier alpha value is -0.680. The average Bonchev–Trinajstić information content (AvgIpc) is 2.44. The molecular weight excluding hydrogens is 312 g/mol. The molecule has 22 heavy (non-hydrogen) atoms. The van der Waals surface area contributed by atoms with E-state index < -0.39 is 0 Å². The van der Waals surface area contributed by atoms with Crippen LogP contribution in [-0.2, 0) is 4.79 Å². The highest BCUT2D eigenvalue weighted by Crippen LogP contribution is 2.41. The zero-order chi connectivity index (χ0) is 16.8. The van der Waals surface area contributed by atoms with Gasteiger partial charge in [-0.1, -0.05) is 23.8 Å². The molecule has 1 aromatic rings. The second kappa shape index (κ2) is 8.25. The van der Waals surface area contributed by atoms with Gasteiger partial charge in [-0.25, -0.2) is 4.98 Å². The molecule has 0 atom stereocenters. The minimum atomic E-state index is -0.123. The van der Waals surface area contributed by atoms with Crippen molar-refractivity contribution in [3.63, 3.8) is 0 Å². The van der Waals surface area contributed by atoms with Crippen LogP contribution in [0.4, 0.5) is 0 Å². The van der Waals surface area contributed by atoms with E-state index in [0.717, 1.165) is 18.0 Å². The van der Waals surface area contributed by atoms with Crippen molar-refractivity contribution in [2.75, 3.05) is 6.54 Å². The second-order valence-corrected chi connectivity index (χ2v) is 9.77. The molecule has 1 rings (SSSR count). The topological polar surface area (TPSA) is 33.2 Å². The lowest BCUT2D eigenvalue weighted by Gasteiger charge is -2.37. The number of hydrogen-bond acceptors (Lipinski definition) is 4. The Bertz CT molecular complexity index is 469. The van der Waals surface area contributed by atoms with Gasteiger partial charge in [-0.15, -0.1) is 0 Å². The zero-order valence-electron chi connectivity index (χ0n) is 14.5. The van der Waals surface area contributed by atoms with Crippen LogP contribution in [-0.4, -0.2) is 32.6 Å². The maximum absolute atomic E-state index is 12.2. The molecule has 0 aliphatic carbocycles. The molecule has 1 amide bonds. The molecule has 1 aromatic heterocycles. The van der Waals surface area contributed by atoms with Crippen LogP contribution in [0.1, 0.15) is 54.4 Å². The van der Waals surface area contributed by atoms with Crippen LogP contribution in [0.5, 0.6) is 0 Å². The van der Waals surface area contributed by atoms with Gasteiger partial charge in [0.2, 0.25) is 5.91 Å². The minimum absolute atomic E-state index is 0.0830. The Morgan fingerprint density at radius 1 is 1.23 bits per heavy atom. The molecule has 0 aliphatic rings. The Balaban J connectivity index is 2.57. The normalized spacial score (nSPS) is 12.3. The van der Waals surface area contributed by atoms with E-state index in [-0.39, 0.29) is 16.2 Å². The van der Waals surface area contributed by atoms with E-state index in [4.69, 9.17) is 0 Å². The Kier molecular flexibility index (Phi) is 7.26. The van der Waals surface area contributed by atoms with Crippen LogP contribution in [0.15, 0.2) is 29.4 Å². The number of nitrogens with zero attached hydrogens (tertiary/aromatic N) is 2. The maximum atomic E-state index is 12.2. The Morgan fingerprint density at radius 2 is 1.91 bits per heavy atom. The van der Waals surface area contributed by atoms with Gasteiger partial charge in [0.15, 0.2) is 0 Å². The summed E-state index contributed by atoms with van der Waals surface area (Å²) < 4.78 is 0.0830. The van der Waals surface area contributed by atoms with Crippen molar-refractivity contribution in [1.29, 1.82) is 0 Å². The van der Waals surface area contributed by atoms with Crippen LogP contribution in [0.2, 0.25) is 0 Å². The van der Waals surface area contributed by atoms with Gasteiger partial charge in [0.05, 0.1) is 0 Å². The van der Waals surface area contributed by atoms with Crippen LogP contribution < -0.4 is 0 Å². The zero-order valence-corrected chi connectivity index (χ0v) is 16.2. The maximum Gasteiger partial charge on any atom is 0.222 e. The lowest BCUT2D eigenvalue weighted by atomic mass is 10.0. The van der Waals surface area contributed by atoms with Gasteiger partial charge in [-0.2, -0.15) is 0 Å². The van der Waals surface area contributed by atoms with Crippen LogP contribution in [0.25, 0.3) is 0 Å². The summed E-state index contributed by atoms with van der Waals surface area (Å²) in [6, 6.07) is 5.96. The van der Waals surface area contributed by atoms with Crippen LogP contribution in [0.3, 0.4) is 0 Å². The van der Waals surface area contributed by atoms with Crippen LogP contribution in [0, 0.1) is 0 Å². The van der Waals surface area contributed by atoms with Crippen molar-refractivity contribution in [1.82, 2.24) is 9.88 Å². The van der Waals surface area contributed by atoms with Crippen molar-refractivity contribution in [3.8, 4) is 0 Å². The number of hydrogen-bond donors (Lipinski definition) is 0. The van der Waals surface area contributed by atoms with E-state index in [9.17, 15) is 4.79 Å². The largest absolute Gasteiger partial charge is 0.338 e. The molecule has 0 radical (unpaired) electrons. The van der Waals surface area contributed by atoms with Gasteiger partial charge in [-0.05, 0) is 64.0 Å². The highest BCUT2D eigenvalue weighted by atomic mass is 33.1. The number of rotatable bonds is 7. The molecular formula is C17H28N2OS2. The van der Waals surface area contributed by atoms with Crippen molar-refractivity contribution in [2.24, 2.45) is 0 Å². The summed E-state index contributed by atoms with van der Waals surface area (Å²) in [6.45, 7) is 13.5. The van der Waals surface area contributed by atoms with Gasteiger partial charge in [0, 0.05) is 29.4 Å². The molecule has 0 saturated heterocycles. The predicted octanol–water partition coefficient (Wildman–Crippen LogP) is 5.03. The van der Waals surface area contributed by atoms with E-state index in [0.29, 0.717) is 6.42 Å². The molecule has 5 heteroatoms. The number of aromatic nitrogens is 1. The van der Waals surface area contributed by atoms with Crippen molar-refractivity contribution >= 4 is 27.5 Å². The molecule has 0 fully saturated rings. The number of carbonyl (C=O) groups excluding carboxylic acids is 1. The molecule has 0 aromatic carbocycles. The summed E-state index contributed by atoms with van der Waals surface area (Å²) >= 11 is 0. The molecule has 0 aliphatic heterocycles. The fourth-order valence-electron chi connectivity index (χ4n) is 2.00. The van der Waals surface area contributed by atoms with Gasteiger partial charge in [0.25, 0.3) is 0 Å². The third kappa shape index (κ3) is 6.61. The fraction of sp³-hybridized carbons (Fsp3) is 0.647. The average molecular weight is 341 g/mol. The summed E-state index contributed by atoms with van der Waals surface area (Å²) in [7, 11) is 3.52. The number of amides is 1. The summed E-state index contributed by atoms with van der Waals surface area (Å²) in [6.07, 6.45) is 3.34. The van der Waals surface area contributed by atoms with Gasteiger partial charge in [-0.3, -0.25) is 4.79 Å². The molecule has 0 unspecified atom stereocenters. The minimum Gasteiger partial charge on any atom is -0.338 e. The third-order valence-corrected chi connectivity index (χ3v) is 6.61. The van der Waals surface area contributed by atoms with Gasteiger partial charge < -0.3 is 4.90 Å². The second-order valence-electron chi connectivity index (χ2n) is 6.91. The van der Waals surface area contributed by atoms with Gasteiger partial charge >= 0.3 is 0 Å². The van der Waals surface area contributed by atoms with Gasteiger partial charge in [0.1, 0.15) is 5.03 Å². The van der Waals surface area contributed by atoms with E-state index in [1.165, 1.54) is 0 Å². The number of pyridine rings is 1. The van der Waals surface area contributed by atoms with E-state index in [1.54, 1.807) is 10.8 Å². The molecule has 1 heterocycles. The van der Waals surface area contributed by atoms with Crippen molar-refractivity contribution in [2.45, 2.75) is 69.7 Å². The first kappa shape index (κ1) is 19.4. The Morgan fingerprint density at radius 3 is 2.41 bits per heavy atom. The smallest absolute Gasteiger partial charge is 0.222 e. The van der Waals surface area contributed by atoms with Crippen LogP contribution >= 0.6 is 21.6 Å². The summed E-state index contributed by atoms with van der Waals surface area (Å²) in [5, 5.41) is 1.03. The molecule has 0 N–H and O–H groups in total. The molecule has 124 valence electrons. The first-order chi connectivity index (χ1) is 10.2. The molecule has 3 nitrogen and oxygen atoms in total. The van der Waals surface area contributed by atoms with Crippen molar-refractivity contribution < 1.29 is 4.79 Å². The standard InChI is InChI=1S/C17H28N2OS2/c1-7-15(20)19(16(2,3)4)13-11-17(5,6)22-21-14-10-8-9-12-18-14/h8-10,12H,7,11,13H2,1-6H3. The first-order valence-electron chi connectivity index (χ1n) is 7.73. The SMILES string of the molecule is CCC(=O)N(CCC(C)(C)SSc1ccccn1)C(C)(C)C. The molecule has 0 saturated carbocycles. The first-order valence-corrected chi connectivity index (χ1v) is 9.88. The summed E-state index contributed by atoms with van der Waals surface area (Å²) in [5.41, 5.74) is -0.123. The molecule has 0 spiro atoms. The summed E-state index contributed by atoms with van der Waals surface area (Å²) in [4.78, 5) is 18.5. The van der Waals surface area contributed by atoms with E-state index in [2.05, 4.69) is 39.6 Å². The quantitative estimate of drug-likeness (QED) is 0.652.